The van der Waals surface area contributed by atoms with Gasteiger partial charge in [-0.2, -0.15) is 9.61 Å². The van der Waals surface area contributed by atoms with Gasteiger partial charge in [0.15, 0.2) is 5.82 Å². The summed E-state index contributed by atoms with van der Waals surface area (Å²) in [6.07, 6.45) is 3.55. The molecule has 6 heteroatoms. The molecule has 0 N–H and O–H groups in total. The van der Waals surface area contributed by atoms with E-state index in [0.29, 0.717) is 0 Å². The van der Waals surface area contributed by atoms with Gasteiger partial charge in [-0.3, -0.25) is 4.98 Å². The van der Waals surface area contributed by atoms with E-state index in [9.17, 15) is 0 Å². The van der Waals surface area contributed by atoms with Crippen molar-refractivity contribution in [3.8, 4) is 22.0 Å². The predicted octanol–water partition coefficient (Wildman–Crippen LogP) is 2.91. The van der Waals surface area contributed by atoms with Gasteiger partial charge in [-0.15, -0.1) is 10.2 Å². The highest BCUT2D eigenvalue weighted by Crippen LogP contribution is 2.27. The van der Waals surface area contributed by atoms with E-state index < -0.39 is 0 Å². The Balaban J connectivity index is 1.88. The van der Waals surface area contributed by atoms with Crippen molar-refractivity contribution in [2.45, 2.75) is 0 Å². The molecule has 20 heavy (non-hydrogen) atoms. The Hall–Kier alpha value is -2.60. The summed E-state index contributed by atoms with van der Waals surface area (Å²) in [6.45, 7) is 0. The first-order chi connectivity index (χ1) is 9.92. The topological polar surface area (TPSA) is 56.0 Å². The molecular formula is C14H9N5S. The Bertz CT molecular complexity index is 851. The van der Waals surface area contributed by atoms with Crippen LogP contribution in [0.5, 0.6) is 0 Å². The van der Waals surface area contributed by atoms with Crippen LogP contribution < -0.4 is 0 Å². The summed E-state index contributed by atoms with van der Waals surface area (Å²) >= 11 is 1.50. The number of aromatic nitrogens is 5. The van der Waals surface area contributed by atoms with Crippen molar-refractivity contribution in [3.63, 3.8) is 0 Å². The third kappa shape index (κ3) is 1.78. The monoisotopic (exact) mass is 279 g/mol. The van der Waals surface area contributed by atoms with Crippen molar-refractivity contribution in [3.05, 3.63) is 54.9 Å². The Labute approximate surface area is 118 Å². The Kier molecular flexibility index (Phi) is 2.53. The highest BCUT2D eigenvalue weighted by atomic mass is 32.1. The van der Waals surface area contributed by atoms with E-state index in [1.54, 1.807) is 16.9 Å². The van der Waals surface area contributed by atoms with Crippen molar-refractivity contribution in [1.29, 1.82) is 0 Å². The van der Waals surface area contributed by atoms with Crippen LogP contribution in [0, 0.1) is 0 Å². The van der Waals surface area contributed by atoms with Gasteiger partial charge < -0.3 is 0 Å². The standard InChI is InChI=1S/C14H9N5S/c1-2-5-10(6-3-1)12-16-17-14-19(12)18-13(20-14)11-7-4-8-15-9-11/h1-9H. The van der Waals surface area contributed by atoms with E-state index in [1.165, 1.54) is 11.3 Å². The zero-order chi connectivity index (χ0) is 13.4. The minimum Gasteiger partial charge on any atom is -0.264 e. The van der Waals surface area contributed by atoms with Crippen LogP contribution in [-0.4, -0.2) is 24.8 Å². The number of nitrogens with zero attached hydrogens (tertiary/aromatic N) is 5. The van der Waals surface area contributed by atoms with Gasteiger partial charge in [0, 0.05) is 23.5 Å². The lowest BCUT2D eigenvalue weighted by molar-refractivity contribution is 0.970. The molecule has 1 aromatic carbocycles. The van der Waals surface area contributed by atoms with Gasteiger partial charge in [0.25, 0.3) is 0 Å². The van der Waals surface area contributed by atoms with Crippen LogP contribution >= 0.6 is 11.3 Å². The van der Waals surface area contributed by atoms with Gasteiger partial charge >= 0.3 is 0 Å². The Morgan fingerprint density at radius 3 is 2.55 bits per heavy atom. The fourth-order valence-electron chi connectivity index (χ4n) is 1.99. The molecule has 3 aromatic heterocycles. The average Bonchev–Trinajstić information content (AvgIpc) is 3.09. The van der Waals surface area contributed by atoms with Crippen molar-refractivity contribution in [2.75, 3.05) is 0 Å². The van der Waals surface area contributed by atoms with Gasteiger partial charge in [0.2, 0.25) is 4.96 Å². The molecule has 5 nitrogen and oxygen atoms in total. The Morgan fingerprint density at radius 1 is 0.900 bits per heavy atom. The lowest BCUT2D eigenvalue weighted by atomic mass is 10.2. The van der Waals surface area contributed by atoms with Crippen LogP contribution in [-0.2, 0) is 0 Å². The summed E-state index contributed by atoms with van der Waals surface area (Å²) in [7, 11) is 0. The minimum absolute atomic E-state index is 0.756. The van der Waals surface area contributed by atoms with Crippen molar-refractivity contribution in [1.82, 2.24) is 24.8 Å². The van der Waals surface area contributed by atoms with E-state index in [4.69, 9.17) is 0 Å². The van der Waals surface area contributed by atoms with Crippen molar-refractivity contribution >= 4 is 16.3 Å². The number of fused-ring (bicyclic) bond motifs is 1. The molecule has 0 saturated carbocycles. The fourth-order valence-corrected chi connectivity index (χ4v) is 2.82. The molecule has 96 valence electrons. The van der Waals surface area contributed by atoms with Crippen LogP contribution in [0.3, 0.4) is 0 Å². The maximum absolute atomic E-state index is 4.59. The maximum Gasteiger partial charge on any atom is 0.235 e. The average molecular weight is 279 g/mol. The van der Waals surface area contributed by atoms with Gasteiger partial charge in [0.1, 0.15) is 5.01 Å². The van der Waals surface area contributed by atoms with Crippen LogP contribution in [0.25, 0.3) is 26.9 Å². The van der Waals surface area contributed by atoms with Gasteiger partial charge in [0.05, 0.1) is 0 Å². The molecule has 0 aliphatic heterocycles. The van der Waals surface area contributed by atoms with E-state index in [-0.39, 0.29) is 0 Å². The molecule has 0 radical (unpaired) electrons. The smallest absolute Gasteiger partial charge is 0.235 e. The largest absolute Gasteiger partial charge is 0.264 e. The third-order valence-corrected chi connectivity index (χ3v) is 3.88. The number of hydrogen-bond donors (Lipinski definition) is 0. The number of pyridine rings is 1. The molecule has 4 rings (SSSR count). The highest BCUT2D eigenvalue weighted by Gasteiger charge is 2.13. The van der Waals surface area contributed by atoms with Crippen LogP contribution in [0.15, 0.2) is 54.9 Å². The van der Waals surface area contributed by atoms with E-state index in [2.05, 4.69) is 20.3 Å². The van der Waals surface area contributed by atoms with Crippen LogP contribution in [0.4, 0.5) is 0 Å². The summed E-state index contributed by atoms with van der Waals surface area (Å²) in [5, 5.41) is 13.9. The first-order valence-corrected chi connectivity index (χ1v) is 6.91. The molecule has 0 fully saturated rings. The SMILES string of the molecule is c1ccc(-c2nnc3sc(-c4cccnc4)nn23)cc1. The van der Waals surface area contributed by atoms with Crippen LogP contribution in [0.2, 0.25) is 0 Å². The summed E-state index contributed by atoms with van der Waals surface area (Å²) < 4.78 is 1.78. The maximum atomic E-state index is 4.59. The van der Waals surface area contributed by atoms with Crippen molar-refractivity contribution in [2.24, 2.45) is 0 Å². The predicted molar refractivity (Wildman–Crippen MR) is 77.3 cm³/mol. The third-order valence-electron chi connectivity index (χ3n) is 2.93. The second-order valence-corrected chi connectivity index (χ2v) is 5.19. The van der Waals surface area contributed by atoms with Gasteiger partial charge in [-0.1, -0.05) is 41.7 Å². The zero-order valence-corrected chi connectivity index (χ0v) is 11.2. The molecule has 0 aliphatic rings. The molecule has 0 spiro atoms. The summed E-state index contributed by atoms with van der Waals surface area (Å²) in [6, 6.07) is 13.8. The quantitative estimate of drug-likeness (QED) is 0.566. The highest BCUT2D eigenvalue weighted by molar-refractivity contribution is 7.19. The molecule has 4 aromatic rings. The second kappa shape index (κ2) is 4.50. The molecule has 0 unspecified atom stereocenters. The lowest BCUT2D eigenvalue weighted by Gasteiger charge is -1.95. The van der Waals surface area contributed by atoms with E-state index >= 15 is 0 Å². The summed E-state index contributed by atoms with van der Waals surface area (Å²) in [5.74, 6) is 0.756. The van der Waals surface area contributed by atoms with E-state index in [0.717, 1.165) is 26.9 Å². The first-order valence-electron chi connectivity index (χ1n) is 6.10. The Morgan fingerprint density at radius 2 is 1.75 bits per heavy atom. The number of rotatable bonds is 2. The van der Waals surface area contributed by atoms with Gasteiger partial charge in [-0.05, 0) is 12.1 Å². The summed E-state index contributed by atoms with van der Waals surface area (Å²) in [4.78, 5) is 4.90. The molecule has 0 saturated heterocycles. The molecule has 0 amide bonds. The summed E-state index contributed by atoms with van der Waals surface area (Å²) in [5.41, 5.74) is 1.99. The van der Waals surface area contributed by atoms with Gasteiger partial charge in [-0.25, -0.2) is 0 Å². The zero-order valence-electron chi connectivity index (χ0n) is 10.3. The molecule has 0 atom stereocenters. The minimum atomic E-state index is 0.756. The molecule has 0 aliphatic carbocycles. The van der Waals surface area contributed by atoms with Crippen LogP contribution in [0.1, 0.15) is 0 Å². The first kappa shape index (κ1) is 11.2. The molecular weight excluding hydrogens is 270 g/mol. The molecule has 3 heterocycles. The number of hydrogen-bond acceptors (Lipinski definition) is 5. The molecule has 0 bridgehead atoms. The van der Waals surface area contributed by atoms with Crippen molar-refractivity contribution < 1.29 is 0 Å². The number of benzene rings is 1. The normalized spacial score (nSPS) is 11.0. The lowest BCUT2D eigenvalue weighted by Crippen LogP contribution is -1.90. The second-order valence-electron chi connectivity index (χ2n) is 4.23. The van der Waals surface area contributed by atoms with E-state index in [1.807, 2.05) is 42.5 Å². The fraction of sp³-hybridized carbons (Fsp3) is 0.